The summed E-state index contributed by atoms with van der Waals surface area (Å²) in [5, 5.41) is 2.81. The molecule has 0 spiro atoms. The van der Waals surface area contributed by atoms with E-state index in [4.69, 9.17) is 12.2 Å². The van der Waals surface area contributed by atoms with Crippen LogP contribution in [0.25, 0.3) is 10.3 Å². The molecule has 2 aromatic rings. The van der Waals surface area contributed by atoms with Crippen molar-refractivity contribution in [2.45, 2.75) is 0 Å². The zero-order valence-electron chi connectivity index (χ0n) is 10.0. The molecular weight excluding hydrogens is 280 g/mol. The van der Waals surface area contributed by atoms with Crippen LogP contribution < -0.4 is 11.1 Å². The minimum atomic E-state index is -0.191. The molecule has 3 N–H and O–H groups in total. The molecule has 0 aliphatic heterocycles. The molecule has 0 atom stereocenters. The Morgan fingerprint density at radius 1 is 1.53 bits per heavy atom. The Bertz CT molecular complexity index is 632. The first kappa shape index (κ1) is 13.6. The molecule has 2 aromatic heterocycles. The van der Waals surface area contributed by atoms with E-state index in [9.17, 15) is 4.79 Å². The molecule has 7 heteroatoms. The maximum Gasteiger partial charge on any atom is 0.263 e. The normalized spacial score (nSPS) is 10.3. The fourth-order valence-corrected chi connectivity index (χ4v) is 2.91. The third-order valence-corrected chi connectivity index (χ3v) is 4.25. The molecule has 0 aliphatic carbocycles. The average molecular weight is 292 g/mol. The van der Waals surface area contributed by atoms with E-state index in [0.29, 0.717) is 33.2 Å². The van der Waals surface area contributed by atoms with E-state index in [0.717, 1.165) is 5.75 Å². The van der Waals surface area contributed by atoms with Gasteiger partial charge in [-0.2, -0.15) is 0 Å². The molecule has 5 nitrogen and oxygen atoms in total. The van der Waals surface area contributed by atoms with Gasteiger partial charge in [0.1, 0.15) is 15.2 Å². The van der Waals surface area contributed by atoms with E-state index in [-0.39, 0.29) is 5.91 Å². The number of hydrogen-bond acceptors (Lipinski definition) is 6. The number of amides is 1. The molecule has 2 heterocycles. The fraction of sp³-hybridized carbons (Fsp3) is 0.250. The minimum Gasteiger partial charge on any atom is -0.396 e. The minimum absolute atomic E-state index is 0.191. The first-order chi connectivity index (χ1) is 9.24. The molecular formula is C12H12N4OS2. The SMILES string of the molecule is C#CCSCCNC(=O)c1sc2nccnc2c1N. The van der Waals surface area contributed by atoms with Crippen molar-refractivity contribution in [1.82, 2.24) is 15.3 Å². The number of thiophene rings is 1. The van der Waals surface area contributed by atoms with Gasteiger partial charge in [0, 0.05) is 24.7 Å². The summed E-state index contributed by atoms with van der Waals surface area (Å²) in [5.41, 5.74) is 6.88. The van der Waals surface area contributed by atoms with Gasteiger partial charge in [-0.25, -0.2) is 9.97 Å². The van der Waals surface area contributed by atoms with E-state index in [1.54, 1.807) is 24.2 Å². The van der Waals surface area contributed by atoms with Crippen molar-refractivity contribution in [3.05, 3.63) is 17.3 Å². The van der Waals surface area contributed by atoms with Crippen molar-refractivity contribution in [3.63, 3.8) is 0 Å². The van der Waals surface area contributed by atoms with Crippen molar-refractivity contribution in [3.8, 4) is 12.3 Å². The van der Waals surface area contributed by atoms with Gasteiger partial charge in [-0.15, -0.1) is 29.5 Å². The number of nitrogens with two attached hydrogens (primary N) is 1. The standard InChI is InChI=1S/C12H12N4OS2/c1-2-6-18-7-5-15-11(17)10-8(13)9-12(19-10)16-4-3-14-9/h1,3-4H,5-7,13H2,(H,15,17). The van der Waals surface area contributed by atoms with Crippen molar-refractivity contribution >= 4 is 45.0 Å². The summed E-state index contributed by atoms with van der Waals surface area (Å²) in [4.78, 5) is 21.4. The van der Waals surface area contributed by atoms with Gasteiger partial charge >= 0.3 is 0 Å². The van der Waals surface area contributed by atoms with Gasteiger partial charge in [-0.1, -0.05) is 5.92 Å². The van der Waals surface area contributed by atoms with Crippen molar-refractivity contribution in [1.29, 1.82) is 0 Å². The number of fused-ring (bicyclic) bond motifs is 1. The maximum atomic E-state index is 12.0. The van der Waals surface area contributed by atoms with E-state index >= 15 is 0 Å². The van der Waals surface area contributed by atoms with Crippen LogP contribution in [-0.2, 0) is 0 Å². The molecule has 0 saturated heterocycles. The third-order valence-electron chi connectivity index (χ3n) is 2.29. The highest BCUT2D eigenvalue weighted by Gasteiger charge is 2.17. The Kier molecular flexibility index (Phi) is 4.60. The number of nitrogen functional groups attached to an aromatic ring is 1. The van der Waals surface area contributed by atoms with Crippen LogP contribution in [0.2, 0.25) is 0 Å². The van der Waals surface area contributed by atoms with Gasteiger partial charge in [-0.3, -0.25) is 4.79 Å². The van der Waals surface area contributed by atoms with Gasteiger partial charge < -0.3 is 11.1 Å². The fourth-order valence-electron chi connectivity index (χ4n) is 1.46. The smallest absolute Gasteiger partial charge is 0.263 e. The first-order valence-electron chi connectivity index (χ1n) is 5.52. The lowest BCUT2D eigenvalue weighted by Crippen LogP contribution is -2.25. The van der Waals surface area contributed by atoms with Crippen LogP contribution in [0.1, 0.15) is 9.67 Å². The number of carbonyl (C=O) groups is 1. The number of anilines is 1. The summed E-state index contributed by atoms with van der Waals surface area (Å²) in [6.07, 6.45) is 8.28. The second kappa shape index (κ2) is 6.41. The molecule has 0 radical (unpaired) electrons. The molecule has 0 aromatic carbocycles. The summed E-state index contributed by atoms with van der Waals surface area (Å²) in [6.45, 7) is 0.555. The topological polar surface area (TPSA) is 80.9 Å². The lowest BCUT2D eigenvalue weighted by molar-refractivity contribution is 0.0961. The zero-order chi connectivity index (χ0) is 13.7. The summed E-state index contributed by atoms with van der Waals surface area (Å²) >= 11 is 2.85. The van der Waals surface area contributed by atoms with Gasteiger partial charge in [0.2, 0.25) is 0 Å². The highest BCUT2D eigenvalue weighted by atomic mass is 32.2. The molecule has 0 saturated carbocycles. The lowest BCUT2D eigenvalue weighted by Gasteiger charge is -2.02. The summed E-state index contributed by atoms with van der Waals surface area (Å²) in [5.74, 6) is 3.76. The van der Waals surface area contributed by atoms with Crippen molar-refractivity contribution in [2.24, 2.45) is 0 Å². The van der Waals surface area contributed by atoms with E-state index in [2.05, 4.69) is 21.2 Å². The largest absolute Gasteiger partial charge is 0.396 e. The predicted molar refractivity (Wildman–Crippen MR) is 80.3 cm³/mol. The van der Waals surface area contributed by atoms with Crippen LogP contribution in [0.5, 0.6) is 0 Å². The van der Waals surface area contributed by atoms with Crippen LogP contribution in [0, 0.1) is 12.3 Å². The molecule has 2 rings (SSSR count). The van der Waals surface area contributed by atoms with Gasteiger partial charge in [0.25, 0.3) is 5.91 Å². The number of nitrogens with zero attached hydrogens (tertiary/aromatic N) is 2. The average Bonchev–Trinajstić information content (AvgIpc) is 2.76. The monoisotopic (exact) mass is 292 g/mol. The van der Waals surface area contributed by atoms with Gasteiger partial charge in [0.05, 0.1) is 11.4 Å². The molecule has 0 fully saturated rings. The molecule has 19 heavy (non-hydrogen) atoms. The highest BCUT2D eigenvalue weighted by molar-refractivity contribution is 7.99. The van der Waals surface area contributed by atoms with E-state index < -0.39 is 0 Å². The van der Waals surface area contributed by atoms with Gasteiger partial charge in [0.15, 0.2) is 0 Å². The number of nitrogens with one attached hydrogen (secondary N) is 1. The molecule has 0 unspecified atom stereocenters. The zero-order valence-corrected chi connectivity index (χ0v) is 11.7. The van der Waals surface area contributed by atoms with E-state index in [1.165, 1.54) is 11.3 Å². The Labute approximate surface area is 119 Å². The molecule has 98 valence electrons. The second-order valence-corrected chi connectivity index (χ2v) is 5.67. The Balaban J connectivity index is 2.02. The number of aromatic nitrogens is 2. The molecule has 0 aliphatic rings. The quantitative estimate of drug-likeness (QED) is 0.642. The van der Waals surface area contributed by atoms with Crippen LogP contribution in [0.4, 0.5) is 5.69 Å². The summed E-state index contributed by atoms with van der Waals surface area (Å²) < 4.78 is 0. The Morgan fingerprint density at radius 2 is 2.32 bits per heavy atom. The molecule has 1 amide bonds. The predicted octanol–water partition coefficient (Wildman–Crippen LogP) is 1.37. The molecule has 0 bridgehead atoms. The number of terminal acetylenes is 1. The van der Waals surface area contributed by atoms with Crippen LogP contribution in [0.3, 0.4) is 0 Å². The first-order valence-corrected chi connectivity index (χ1v) is 7.49. The third kappa shape index (κ3) is 3.16. The van der Waals surface area contributed by atoms with E-state index in [1.807, 2.05) is 0 Å². The Morgan fingerprint density at radius 3 is 3.05 bits per heavy atom. The second-order valence-electron chi connectivity index (χ2n) is 3.57. The van der Waals surface area contributed by atoms with Crippen LogP contribution in [-0.4, -0.2) is 33.9 Å². The number of hydrogen-bond donors (Lipinski definition) is 2. The number of thioether (sulfide) groups is 1. The highest BCUT2D eigenvalue weighted by Crippen LogP contribution is 2.30. The number of carbonyl (C=O) groups excluding carboxylic acids is 1. The van der Waals surface area contributed by atoms with Gasteiger partial charge in [-0.05, 0) is 0 Å². The summed E-state index contributed by atoms with van der Waals surface area (Å²) in [6, 6.07) is 0. The Hall–Kier alpha value is -1.78. The maximum absolute atomic E-state index is 12.0. The number of rotatable bonds is 5. The summed E-state index contributed by atoms with van der Waals surface area (Å²) in [7, 11) is 0. The van der Waals surface area contributed by atoms with Crippen LogP contribution in [0.15, 0.2) is 12.4 Å². The lowest BCUT2D eigenvalue weighted by atomic mass is 10.3. The van der Waals surface area contributed by atoms with Crippen LogP contribution >= 0.6 is 23.1 Å². The van der Waals surface area contributed by atoms with Crippen molar-refractivity contribution in [2.75, 3.05) is 23.8 Å². The van der Waals surface area contributed by atoms with Crippen molar-refractivity contribution < 1.29 is 4.79 Å².